The number of guanidine groups is 1. The minimum absolute atomic E-state index is 0. The first-order valence-corrected chi connectivity index (χ1v) is 9.57. The van der Waals surface area contributed by atoms with Crippen LogP contribution in [-0.2, 0) is 9.47 Å². The Kier molecular flexibility index (Phi) is 11.3. The molecule has 2 rings (SSSR count). The molecule has 2 aliphatic rings. The molecule has 0 bridgehead atoms. The van der Waals surface area contributed by atoms with Crippen molar-refractivity contribution in [2.24, 2.45) is 4.99 Å². The number of hydrogen-bond acceptors (Lipinski definition) is 4. The first-order valence-electron chi connectivity index (χ1n) is 9.57. The summed E-state index contributed by atoms with van der Waals surface area (Å²) in [5.41, 5.74) is 0. The molecule has 0 aromatic heterocycles. The molecule has 0 radical (unpaired) electrons. The molecule has 7 heteroatoms. The van der Waals surface area contributed by atoms with Gasteiger partial charge in [-0.2, -0.15) is 0 Å². The van der Waals surface area contributed by atoms with Gasteiger partial charge in [-0.3, -0.25) is 9.89 Å². The van der Waals surface area contributed by atoms with Gasteiger partial charge in [-0.25, -0.2) is 0 Å². The van der Waals surface area contributed by atoms with Gasteiger partial charge in [-0.15, -0.1) is 24.0 Å². The van der Waals surface area contributed by atoms with Gasteiger partial charge < -0.3 is 19.7 Å². The van der Waals surface area contributed by atoms with E-state index in [0.29, 0.717) is 18.3 Å². The van der Waals surface area contributed by atoms with E-state index in [1.54, 1.807) is 0 Å². The highest BCUT2D eigenvalue weighted by molar-refractivity contribution is 14.0. The zero-order valence-electron chi connectivity index (χ0n) is 16.4. The first-order chi connectivity index (χ1) is 11.6. The molecule has 25 heavy (non-hydrogen) atoms. The largest absolute Gasteiger partial charge is 0.378 e. The van der Waals surface area contributed by atoms with E-state index < -0.39 is 0 Å². The summed E-state index contributed by atoms with van der Waals surface area (Å²) in [6.07, 6.45) is 4.45. The molecule has 2 unspecified atom stereocenters. The third-order valence-electron chi connectivity index (χ3n) is 4.79. The van der Waals surface area contributed by atoms with Gasteiger partial charge in [0.25, 0.3) is 0 Å². The van der Waals surface area contributed by atoms with Gasteiger partial charge in [-0.05, 0) is 40.0 Å². The molecule has 0 saturated carbocycles. The number of piperidine rings is 1. The fourth-order valence-corrected chi connectivity index (χ4v) is 3.77. The molecule has 2 aliphatic heterocycles. The Morgan fingerprint density at radius 3 is 2.40 bits per heavy atom. The van der Waals surface area contributed by atoms with Gasteiger partial charge in [0.15, 0.2) is 5.96 Å². The predicted molar refractivity (Wildman–Crippen MR) is 114 cm³/mol. The van der Waals surface area contributed by atoms with Gasteiger partial charge in [-0.1, -0.05) is 0 Å². The van der Waals surface area contributed by atoms with E-state index in [1.807, 2.05) is 7.05 Å². The van der Waals surface area contributed by atoms with Crippen LogP contribution in [0, 0.1) is 0 Å². The lowest BCUT2D eigenvalue weighted by molar-refractivity contribution is -0.0679. The Balaban J connectivity index is 0.00000312. The standard InChI is InChI=1S/C18H36N4O2.HI/c1-5-23-17-7-11-22(12-8-17)18(19-4)20-9-6-10-21-13-15(2)24-16(3)14-21;/h15-17H,5-14H2,1-4H3,(H,19,20);1H. The van der Waals surface area contributed by atoms with Crippen LogP contribution < -0.4 is 5.32 Å². The molecule has 2 saturated heterocycles. The maximum absolute atomic E-state index is 5.79. The van der Waals surface area contributed by atoms with Gasteiger partial charge in [0.1, 0.15) is 0 Å². The van der Waals surface area contributed by atoms with E-state index in [4.69, 9.17) is 9.47 Å². The van der Waals surface area contributed by atoms with Crippen molar-refractivity contribution in [2.45, 2.75) is 58.3 Å². The summed E-state index contributed by atoms with van der Waals surface area (Å²) < 4.78 is 11.5. The van der Waals surface area contributed by atoms with Gasteiger partial charge in [0.05, 0.1) is 18.3 Å². The minimum Gasteiger partial charge on any atom is -0.378 e. The molecule has 0 aromatic rings. The van der Waals surface area contributed by atoms with Crippen molar-refractivity contribution >= 4 is 29.9 Å². The third-order valence-corrected chi connectivity index (χ3v) is 4.79. The van der Waals surface area contributed by atoms with Crippen LogP contribution in [0.4, 0.5) is 0 Å². The number of morpholine rings is 1. The number of halogens is 1. The number of nitrogens with one attached hydrogen (secondary N) is 1. The average molecular weight is 468 g/mol. The third kappa shape index (κ3) is 7.97. The van der Waals surface area contributed by atoms with Crippen LogP contribution in [0.25, 0.3) is 0 Å². The summed E-state index contributed by atoms with van der Waals surface area (Å²) >= 11 is 0. The van der Waals surface area contributed by atoms with Crippen LogP contribution in [0.15, 0.2) is 4.99 Å². The second-order valence-corrected chi connectivity index (χ2v) is 6.99. The van der Waals surface area contributed by atoms with E-state index >= 15 is 0 Å². The SMILES string of the molecule is CCOC1CCN(C(=NC)NCCCN2CC(C)OC(C)C2)CC1.I. The predicted octanol–water partition coefficient (Wildman–Crippen LogP) is 2.18. The summed E-state index contributed by atoms with van der Waals surface area (Å²) in [5, 5.41) is 3.53. The highest BCUT2D eigenvalue weighted by Gasteiger charge is 2.23. The Bertz CT molecular complexity index is 379. The van der Waals surface area contributed by atoms with E-state index in [0.717, 1.165) is 71.1 Å². The van der Waals surface area contributed by atoms with Crippen molar-refractivity contribution in [2.75, 3.05) is 52.9 Å². The lowest BCUT2D eigenvalue weighted by Crippen LogP contribution is -2.48. The van der Waals surface area contributed by atoms with E-state index in [2.05, 4.69) is 40.9 Å². The van der Waals surface area contributed by atoms with Crippen LogP contribution in [0.3, 0.4) is 0 Å². The fourth-order valence-electron chi connectivity index (χ4n) is 3.77. The molecular weight excluding hydrogens is 431 g/mol. The van der Waals surface area contributed by atoms with Gasteiger partial charge in [0, 0.05) is 52.9 Å². The van der Waals surface area contributed by atoms with E-state index in [1.165, 1.54) is 0 Å². The molecule has 0 aromatic carbocycles. The van der Waals surface area contributed by atoms with E-state index in [9.17, 15) is 0 Å². The van der Waals surface area contributed by atoms with Crippen molar-refractivity contribution < 1.29 is 9.47 Å². The number of rotatable bonds is 6. The summed E-state index contributed by atoms with van der Waals surface area (Å²) in [4.78, 5) is 9.31. The Labute approximate surface area is 170 Å². The zero-order valence-corrected chi connectivity index (χ0v) is 18.7. The number of aliphatic imine (C=N–C) groups is 1. The van der Waals surface area contributed by atoms with Crippen molar-refractivity contribution in [1.29, 1.82) is 0 Å². The number of nitrogens with zero attached hydrogens (tertiary/aromatic N) is 3. The quantitative estimate of drug-likeness (QED) is 0.280. The molecule has 1 N–H and O–H groups in total. The average Bonchev–Trinajstić information content (AvgIpc) is 2.55. The molecule has 0 spiro atoms. The van der Waals surface area contributed by atoms with Crippen LogP contribution >= 0.6 is 24.0 Å². The number of ether oxygens (including phenoxy) is 2. The molecular formula is C18H37IN4O2. The smallest absolute Gasteiger partial charge is 0.193 e. The van der Waals surface area contributed by atoms with Crippen molar-refractivity contribution in [3.8, 4) is 0 Å². The maximum atomic E-state index is 5.79. The van der Waals surface area contributed by atoms with Gasteiger partial charge >= 0.3 is 0 Å². The molecule has 2 atom stereocenters. The highest BCUT2D eigenvalue weighted by Crippen LogP contribution is 2.14. The highest BCUT2D eigenvalue weighted by atomic mass is 127. The van der Waals surface area contributed by atoms with Crippen molar-refractivity contribution in [1.82, 2.24) is 15.1 Å². The van der Waals surface area contributed by atoms with Crippen molar-refractivity contribution in [3.05, 3.63) is 0 Å². The van der Waals surface area contributed by atoms with Crippen LogP contribution in [0.2, 0.25) is 0 Å². The summed E-state index contributed by atoms with van der Waals surface area (Å²) in [6, 6.07) is 0. The van der Waals surface area contributed by atoms with Crippen LogP contribution in [-0.4, -0.2) is 87.0 Å². The molecule has 148 valence electrons. The Hall–Kier alpha value is -0.120. The fraction of sp³-hybridized carbons (Fsp3) is 0.944. The maximum Gasteiger partial charge on any atom is 0.193 e. The summed E-state index contributed by atoms with van der Waals surface area (Å²) in [5.74, 6) is 1.04. The number of likely N-dealkylation sites (tertiary alicyclic amines) is 1. The molecule has 6 nitrogen and oxygen atoms in total. The van der Waals surface area contributed by atoms with Crippen LogP contribution in [0.1, 0.15) is 40.0 Å². The minimum atomic E-state index is 0. The monoisotopic (exact) mass is 468 g/mol. The van der Waals surface area contributed by atoms with Crippen molar-refractivity contribution in [3.63, 3.8) is 0 Å². The molecule has 2 fully saturated rings. The zero-order chi connectivity index (χ0) is 17.4. The first kappa shape index (κ1) is 22.9. The topological polar surface area (TPSA) is 49.3 Å². The molecule has 0 aliphatic carbocycles. The summed E-state index contributed by atoms with van der Waals surface area (Å²) in [7, 11) is 1.88. The Morgan fingerprint density at radius 2 is 1.84 bits per heavy atom. The van der Waals surface area contributed by atoms with Gasteiger partial charge in [0.2, 0.25) is 0 Å². The van der Waals surface area contributed by atoms with E-state index in [-0.39, 0.29) is 24.0 Å². The second-order valence-electron chi connectivity index (χ2n) is 6.99. The lowest BCUT2D eigenvalue weighted by Gasteiger charge is -2.36. The second kappa shape index (κ2) is 12.3. The molecule has 2 heterocycles. The lowest BCUT2D eigenvalue weighted by atomic mass is 10.1. The van der Waals surface area contributed by atoms with Crippen LogP contribution in [0.5, 0.6) is 0 Å². The normalized spacial score (nSPS) is 26.4. The summed E-state index contributed by atoms with van der Waals surface area (Å²) in [6.45, 7) is 13.5. The number of hydrogen-bond donors (Lipinski definition) is 1. The Morgan fingerprint density at radius 1 is 1.20 bits per heavy atom. The molecule has 0 amide bonds.